The molecule has 256 valence electrons. The molecule has 0 amide bonds. The molecule has 4 aliphatic heterocycles. The molecule has 4 fully saturated rings. The van der Waals surface area contributed by atoms with Gasteiger partial charge in [0.25, 0.3) is 0 Å². The van der Waals surface area contributed by atoms with Crippen LogP contribution in [-0.2, 0) is 41.4 Å². The van der Waals surface area contributed by atoms with E-state index < -0.39 is 81.3 Å². The van der Waals surface area contributed by atoms with Crippen LogP contribution in [-0.4, -0.2) is 100 Å². The number of rotatable bonds is 4. The van der Waals surface area contributed by atoms with Crippen LogP contribution in [0.4, 0.5) is 11.6 Å². The predicted molar refractivity (Wildman–Crippen MR) is 171 cm³/mol. The molecule has 2 bridgehead atoms. The Bertz CT molecular complexity index is 2040. The zero-order chi connectivity index (χ0) is 33.6. The summed E-state index contributed by atoms with van der Waals surface area (Å²) in [6.07, 6.45) is 1.52. The Morgan fingerprint density at radius 1 is 0.875 bits per heavy atom. The molecule has 0 saturated carbocycles. The van der Waals surface area contributed by atoms with Gasteiger partial charge in [-0.25, -0.2) is 39.0 Å². The summed E-state index contributed by atoms with van der Waals surface area (Å²) < 4.78 is 73.6. The van der Waals surface area contributed by atoms with E-state index in [1.165, 1.54) is 36.0 Å². The highest BCUT2D eigenvalue weighted by atomic mass is 32.7. The van der Waals surface area contributed by atoms with E-state index in [0.717, 1.165) is 0 Å². The van der Waals surface area contributed by atoms with Gasteiger partial charge in [0.1, 0.15) is 59.4 Å². The van der Waals surface area contributed by atoms with Crippen LogP contribution in [0.1, 0.15) is 12.5 Å². The molecule has 5 N–H and O–H groups in total. The van der Waals surface area contributed by atoms with Gasteiger partial charge in [-0.1, -0.05) is 30.6 Å². The number of aromatic nitrogens is 8. The van der Waals surface area contributed by atoms with Crippen LogP contribution in [0.15, 0.2) is 38.0 Å². The van der Waals surface area contributed by atoms with E-state index in [2.05, 4.69) is 61.0 Å². The Balaban J connectivity index is 1.15. The number of hydrogen-bond donors (Lipinski definition) is 5. The van der Waals surface area contributed by atoms with Crippen LogP contribution in [0, 0.1) is 5.92 Å². The van der Waals surface area contributed by atoms with Gasteiger partial charge >= 0.3 is 13.6 Å². The van der Waals surface area contributed by atoms with Crippen molar-refractivity contribution in [2.45, 2.75) is 42.0 Å². The number of aliphatic hydroxyl groups is 1. The topological polar surface area (TPSA) is 258 Å². The number of ether oxygens (including phenoxy) is 3. The third-order valence-electron chi connectivity index (χ3n) is 8.83. The molecular weight excluding hydrogens is 714 g/mol. The van der Waals surface area contributed by atoms with E-state index in [1.54, 1.807) is 4.57 Å². The minimum atomic E-state index is -4.32. The molecule has 0 aromatic carbocycles. The lowest BCUT2D eigenvalue weighted by Gasteiger charge is -2.37. The highest BCUT2D eigenvalue weighted by Gasteiger charge is 2.66. The molecule has 8 heterocycles. The first-order valence-electron chi connectivity index (χ1n) is 14.3. The second kappa shape index (κ2) is 11.4. The first-order valence-corrected chi connectivity index (χ1v) is 19.7. The molecule has 8 rings (SSSR count). The smallest absolute Gasteiger partial charge is 0.386 e. The average Bonchev–Trinajstić information content (AvgIpc) is 3.86. The molecule has 4 aromatic rings. The van der Waals surface area contributed by atoms with Gasteiger partial charge < -0.3 is 30.8 Å². The first kappa shape index (κ1) is 32.5. The molecule has 4 aromatic heterocycles. The highest BCUT2D eigenvalue weighted by Crippen LogP contribution is 2.64. The van der Waals surface area contributed by atoms with Crippen molar-refractivity contribution < 1.29 is 46.5 Å². The Labute approximate surface area is 280 Å². The van der Waals surface area contributed by atoms with Crippen LogP contribution in [0.25, 0.3) is 22.3 Å². The van der Waals surface area contributed by atoms with Crippen LogP contribution in [0.5, 0.6) is 0 Å². The maximum atomic E-state index is 14.0. The van der Waals surface area contributed by atoms with E-state index in [-0.39, 0.29) is 18.2 Å². The summed E-state index contributed by atoms with van der Waals surface area (Å²) >= 11 is 8.54. The fourth-order valence-corrected chi connectivity index (χ4v) is 9.60. The standard InChI is InChI=1S/C24H28N10O10P2S2/c1-2-11-15-23(3-35,41-21(11)33-9-31-12-17(25)27-7-29-19(12)33)5-39-46(37,48)44-16-14-22(34-10-32-13-18(26)28-8-30-20(13)34)42-24(16,4-38-14)6-40-45(36,47)43-15/h2,7-11,14-16,21-22,35H,1,3-6H2,(H,36,47)(H,37,48)(H2,25,27,29)(H2,26,28,30)/t11-,14-,15+,16+,21-,22-,23-,24-,45-,46-/m1/s1. The number of imidazole rings is 2. The second-order valence-electron chi connectivity index (χ2n) is 11.6. The number of fused-ring (bicyclic) bond motifs is 3. The Morgan fingerprint density at radius 2 is 1.46 bits per heavy atom. The molecule has 0 unspecified atom stereocenters. The summed E-state index contributed by atoms with van der Waals surface area (Å²) in [6, 6.07) is 0. The maximum absolute atomic E-state index is 14.0. The van der Waals surface area contributed by atoms with Gasteiger partial charge in [-0.05, 0) is 0 Å². The van der Waals surface area contributed by atoms with Crippen molar-refractivity contribution in [3.05, 3.63) is 38.0 Å². The second-order valence-corrected chi connectivity index (χ2v) is 17.3. The summed E-state index contributed by atoms with van der Waals surface area (Å²) in [5.41, 5.74) is 9.87. The molecule has 20 nitrogen and oxygen atoms in total. The fraction of sp³-hybridized carbons (Fsp3) is 0.500. The van der Waals surface area contributed by atoms with Crippen LogP contribution in [0.2, 0.25) is 0 Å². The predicted octanol–water partition coefficient (Wildman–Crippen LogP) is 1.45. The normalized spacial score (nSPS) is 40.0. The number of thiol groups is 2. The zero-order valence-electron chi connectivity index (χ0n) is 24.5. The largest absolute Gasteiger partial charge is 0.393 e. The average molecular weight is 743 g/mol. The van der Waals surface area contributed by atoms with Crippen LogP contribution >= 0.6 is 38.1 Å². The Hall–Kier alpha value is -2.72. The van der Waals surface area contributed by atoms with Crippen LogP contribution in [0.3, 0.4) is 0 Å². The van der Waals surface area contributed by atoms with Crippen molar-refractivity contribution >= 4 is 72.1 Å². The van der Waals surface area contributed by atoms with Crippen molar-refractivity contribution in [2.75, 3.05) is 37.9 Å². The molecule has 10 atom stereocenters. The lowest BCUT2D eigenvalue weighted by Crippen LogP contribution is -2.50. The molecule has 0 spiro atoms. The van der Waals surface area contributed by atoms with Gasteiger partial charge in [-0.3, -0.25) is 27.2 Å². The third kappa shape index (κ3) is 5.01. The number of aliphatic hydroxyl groups excluding tert-OH is 1. The number of anilines is 2. The number of nitrogen functional groups attached to an aromatic ring is 2. The molecule has 48 heavy (non-hydrogen) atoms. The van der Waals surface area contributed by atoms with E-state index in [0.29, 0.717) is 22.3 Å². The lowest BCUT2D eigenvalue weighted by molar-refractivity contribution is -0.184. The van der Waals surface area contributed by atoms with Crippen molar-refractivity contribution in [1.82, 2.24) is 39.0 Å². The minimum absolute atomic E-state index is 0.118. The maximum Gasteiger partial charge on any atom is 0.386 e. The Kier molecular flexibility index (Phi) is 7.72. The summed E-state index contributed by atoms with van der Waals surface area (Å²) in [6.45, 7) is -6.69. The SMILES string of the molecule is C=C[C@H]1[C@H](n2cnc3c(N)ncnc32)O[C@]2(CO)CO[P@@](=O)(S)O[C@H]3[C@H]4OC[C@]3(CO[P@@](=O)(S)O[C@@H]12)O[C@H]4n1cnc2c(N)ncnc21. The van der Waals surface area contributed by atoms with Gasteiger partial charge in [-0.15, -0.1) is 6.58 Å². The summed E-state index contributed by atoms with van der Waals surface area (Å²) in [5, 5.41) is 10.8. The lowest BCUT2D eigenvalue weighted by atomic mass is 9.90. The number of nitrogens with zero attached hydrogens (tertiary/aromatic N) is 8. The molecule has 4 saturated heterocycles. The first-order chi connectivity index (χ1) is 22.9. The fourth-order valence-electron chi connectivity index (χ4n) is 6.54. The molecular formula is C24H28N10O10P2S2. The third-order valence-corrected chi connectivity index (χ3v) is 12.0. The van der Waals surface area contributed by atoms with Gasteiger partial charge in [-0.2, -0.15) is 0 Å². The molecule has 0 aliphatic carbocycles. The zero-order valence-corrected chi connectivity index (χ0v) is 28.1. The van der Waals surface area contributed by atoms with E-state index in [9.17, 15) is 14.2 Å². The van der Waals surface area contributed by atoms with Crippen molar-refractivity contribution in [2.24, 2.45) is 5.92 Å². The number of nitrogens with two attached hydrogens (primary N) is 2. The highest BCUT2D eigenvalue weighted by molar-refractivity contribution is 8.44. The minimum Gasteiger partial charge on any atom is -0.393 e. The van der Waals surface area contributed by atoms with Gasteiger partial charge in [0.15, 0.2) is 29.2 Å². The van der Waals surface area contributed by atoms with E-state index >= 15 is 0 Å². The van der Waals surface area contributed by atoms with E-state index in [1.807, 2.05) is 0 Å². The monoisotopic (exact) mass is 742 g/mol. The Morgan fingerprint density at radius 3 is 2.06 bits per heavy atom. The van der Waals surface area contributed by atoms with Gasteiger partial charge in [0, 0.05) is 0 Å². The molecule has 4 aliphatic rings. The summed E-state index contributed by atoms with van der Waals surface area (Å²) in [5.74, 6) is -0.581. The summed E-state index contributed by atoms with van der Waals surface area (Å²) in [4.78, 5) is 25.0. The molecule has 24 heteroatoms. The van der Waals surface area contributed by atoms with Gasteiger partial charge in [0.05, 0.1) is 45.0 Å². The number of hydrogen-bond acceptors (Lipinski definition) is 18. The van der Waals surface area contributed by atoms with Crippen molar-refractivity contribution in [3.63, 3.8) is 0 Å². The van der Waals surface area contributed by atoms with E-state index in [4.69, 9.17) is 43.8 Å². The van der Waals surface area contributed by atoms with Crippen molar-refractivity contribution in [1.29, 1.82) is 0 Å². The van der Waals surface area contributed by atoms with Crippen molar-refractivity contribution in [3.8, 4) is 0 Å². The summed E-state index contributed by atoms with van der Waals surface area (Å²) in [7, 11) is 0. The quantitative estimate of drug-likeness (QED) is 0.113. The molecule has 0 radical (unpaired) electrons. The van der Waals surface area contributed by atoms with Gasteiger partial charge in [0.2, 0.25) is 0 Å². The van der Waals surface area contributed by atoms with Crippen LogP contribution < -0.4 is 11.5 Å².